The monoisotopic (exact) mass is 545 g/mol. The van der Waals surface area contributed by atoms with E-state index < -0.39 is 30.1 Å². The molecule has 0 saturated heterocycles. The summed E-state index contributed by atoms with van der Waals surface area (Å²) in [4.78, 5) is 36.7. The Morgan fingerprint density at radius 1 is 1.19 bits per heavy atom. The lowest BCUT2D eigenvalue weighted by atomic mass is 10.1. The van der Waals surface area contributed by atoms with Crippen LogP contribution in [0.4, 0.5) is 19.0 Å². The molecular formula is C23H24Cl2F3N5O3. The first-order valence-electron chi connectivity index (χ1n) is 10.6. The third-order valence-electron chi connectivity index (χ3n) is 4.53. The maximum Gasteiger partial charge on any atom is 0.405 e. The van der Waals surface area contributed by atoms with Crippen molar-refractivity contribution in [1.29, 1.82) is 0 Å². The smallest absolute Gasteiger partial charge is 0.405 e. The van der Waals surface area contributed by atoms with Gasteiger partial charge in [-0.25, -0.2) is 15.0 Å². The van der Waals surface area contributed by atoms with E-state index in [2.05, 4.69) is 26.9 Å². The summed E-state index contributed by atoms with van der Waals surface area (Å²) < 4.78 is 42.4. The number of nitrogens with one attached hydrogen (secondary N) is 2. The number of hydrogen-bond acceptors (Lipinski definition) is 6. The van der Waals surface area contributed by atoms with Gasteiger partial charge in [0.1, 0.15) is 11.6 Å². The van der Waals surface area contributed by atoms with E-state index in [1.807, 2.05) is 0 Å². The summed E-state index contributed by atoms with van der Waals surface area (Å²) in [6.45, 7) is 5.38. The number of aromatic nitrogens is 2. The minimum atomic E-state index is -4.51. The van der Waals surface area contributed by atoms with Crippen molar-refractivity contribution in [3.05, 3.63) is 58.9 Å². The van der Waals surface area contributed by atoms with E-state index >= 15 is 0 Å². The van der Waals surface area contributed by atoms with Crippen LogP contribution < -0.4 is 15.4 Å². The molecule has 0 spiro atoms. The summed E-state index contributed by atoms with van der Waals surface area (Å²) in [7, 11) is 0. The van der Waals surface area contributed by atoms with E-state index in [0.717, 1.165) is 6.20 Å². The highest BCUT2D eigenvalue weighted by Gasteiger charge is 2.32. The molecule has 0 aliphatic rings. The standard InChI is InChI=1S/C23H24Cl2F3N5O3/c1-4-5-16(33-21(35)22(2,3)36-20-17(25)10-15(24)12-31-20)8-9-29-18-7-6-14(11-30-18)19(34)32-13-23(26,27)28/h4,6-7,9-12,16H,1,5,8,13H2,2-3H3,(H,32,34)(H,33,35). The molecule has 8 nitrogen and oxygen atoms in total. The number of amides is 2. The number of ether oxygens (including phenoxy) is 1. The molecule has 0 fully saturated rings. The van der Waals surface area contributed by atoms with Crippen LogP contribution >= 0.6 is 23.2 Å². The minimum absolute atomic E-state index is 0.0347. The Balaban J connectivity index is 1.96. The van der Waals surface area contributed by atoms with Gasteiger partial charge in [-0.2, -0.15) is 13.2 Å². The molecule has 0 aliphatic carbocycles. The first-order valence-corrected chi connectivity index (χ1v) is 11.3. The molecule has 0 radical (unpaired) electrons. The average molecular weight is 546 g/mol. The largest absolute Gasteiger partial charge is 0.460 e. The number of aliphatic imine (C=N–C) groups is 1. The van der Waals surface area contributed by atoms with Crippen LogP contribution in [0.3, 0.4) is 0 Å². The number of rotatable bonds is 11. The number of nitrogens with zero attached hydrogens (tertiary/aromatic N) is 3. The Kier molecular flexibility index (Phi) is 10.2. The Bertz CT molecular complexity index is 1110. The van der Waals surface area contributed by atoms with E-state index in [1.54, 1.807) is 25.2 Å². The third kappa shape index (κ3) is 9.46. The van der Waals surface area contributed by atoms with Gasteiger partial charge in [0.15, 0.2) is 11.4 Å². The zero-order valence-corrected chi connectivity index (χ0v) is 20.9. The fourth-order valence-electron chi connectivity index (χ4n) is 2.69. The van der Waals surface area contributed by atoms with Crippen LogP contribution in [0.1, 0.15) is 37.0 Å². The topological polar surface area (TPSA) is 106 Å². The number of carbonyl (C=O) groups excluding carboxylic acids is 2. The maximum absolute atomic E-state index is 12.8. The van der Waals surface area contributed by atoms with Crippen molar-refractivity contribution < 1.29 is 27.5 Å². The van der Waals surface area contributed by atoms with Crippen molar-refractivity contribution in [3.63, 3.8) is 0 Å². The van der Waals surface area contributed by atoms with Crippen LogP contribution in [0.2, 0.25) is 10.0 Å². The van der Waals surface area contributed by atoms with Gasteiger partial charge in [0, 0.05) is 31.1 Å². The molecule has 13 heteroatoms. The predicted molar refractivity (Wildman–Crippen MR) is 131 cm³/mol. The summed E-state index contributed by atoms with van der Waals surface area (Å²) in [5.41, 5.74) is -1.35. The molecule has 0 saturated carbocycles. The predicted octanol–water partition coefficient (Wildman–Crippen LogP) is 5.09. The Hall–Kier alpha value is -3.18. The quantitative estimate of drug-likeness (QED) is 0.302. The molecule has 2 N–H and O–H groups in total. The van der Waals surface area contributed by atoms with Gasteiger partial charge in [0.05, 0.1) is 10.6 Å². The molecule has 2 heterocycles. The first kappa shape index (κ1) is 29.1. The Labute approximate surface area is 216 Å². The van der Waals surface area contributed by atoms with Crippen molar-refractivity contribution >= 4 is 47.0 Å². The highest BCUT2D eigenvalue weighted by atomic mass is 35.5. The zero-order valence-electron chi connectivity index (χ0n) is 19.4. The van der Waals surface area contributed by atoms with Gasteiger partial charge in [-0.1, -0.05) is 29.3 Å². The Morgan fingerprint density at radius 2 is 1.92 bits per heavy atom. The summed E-state index contributed by atoms with van der Waals surface area (Å²) in [5.74, 6) is -1.03. The molecule has 0 aromatic carbocycles. The number of hydrogen-bond donors (Lipinski definition) is 2. The molecule has 0 aliphatic heterocycles. The van der Waals surface area contributed by atoms with Crippen LogP contribution in [0, 0.1) is 0 Å². The third-order valence-corrected chi connectivity index (χ3v) is 5.01. The van der Waals surface area contributed by atoms with E-state index in [1.165, 1.54) is 30.6 Å². The second-order valence-corrected chi connectivity index (χ2v) is 8.84. The van der Waals surface area contributed by atoms with Crippen LogP contribution in [0.25, 0.3) is 0 Å². The van der Waals surface area contributed by atoms with Gasteiger partial charge >= 0.3 is 6.18 Å². The second kappa shape index (κ2) is 12.7. The molecule has 194 valence electrons. The molecular weight excluding hydrogens is 522 g/mol. The number of alkyl halides is 3. The van der Waals surface area contributed by atoms with Gasteiger partial charge in [-0.3, -0.25) is 9.59 Å². The van der Waals surface area contributed by atoms with Crippen molar-refractivity contribution in [2.45, 2.75) is 44.5 Å². The normalized spacial score (nSPS) is 12.8. The van der Waals surface area contributed by atoms with Crippen molar-refractivity contribution in [2.75, 3.05) is 6.54 Å². The van der Waals surface area contributed by atoms with E-state index in [-0.39, 0.29) is 28.3 Å². The van der Waals surface area contributed by atoms with Crippen LogP contribution in [-0.4, -0.2) is 52.4 Å². The summed E-state index contributed by atoms with van der Waals surface area (Å²) >= 11 is 11.9. The number of carbonyl (C=O) groups is 2. The Morgan fingerprint density at radius 3 is 2.50 bits per heavy atom. The van der Waals surface area contributed by atoms with Crippen LogP contribution in [0.15, 0.2) is 48.2 Å². The lowest BCUT2D eigenvalue weighted by molar-refractivity contribution is -0.135. The van der Waals surface area contributed by atoms with Crippen LogP contribution in [0.5, 0.6) is 5.88 Å². The van der Waals surface area contributed by atoms with E-state index in [9.17, 15) is 22.8 Å². The van der Waals surface area contributed by atoms with Gasteiger partial charge in [-0.05, 0) is 38.5 Å². The maximum atomic E-state index is 12.8. The molecule has 1 unspecified atom stereocenters. The molecule has 2 amide bonds. The average Bonchev–Trinajstić information content (AvgIpc) is 2.79. The fourth-order valence-corrected chi connectivity index (χ4v) is 3.11. The molecule has 2 rings (SSSR count). The van der Waals surface area contributed by atoms with Gasteiger partial charge < -0.3 is 15.4 Å². The summed E-state index contributed by atoms with van der Waals surface area (Å²) in [5, 5.41) is 5.11. The van der Waals surface area contributed by atoms with E-state index in [0.29, 0.717) is 17.9 Å². The van der Waals surface area contributed by atoms with Gasteiger partial charge in [0.25, 0.3) is 11.8 Å². The molecule has 36 heavy (non-hydrogen) atoms. The van der Waals surface area contributed by atoms with Gasteiger partial charge in [0.2, 0.25) is 5.88 Å². The first-order chi connectivity index (χ1) is 16.8. The zero-order chi connectivity index (χ0) is 26.9. The van der Waals surface area contributed by atoms with Gasteiger partial charge in [-0.15, -0.1) is 6.58 Å². The highest BCUT2D eigenvalue weighted by molar-refractivity contribution is 6.35. The van der Waals surface area contributed by atoms with Crippen molar-refractivity contribution in [1.82, 2.24) is 20.6 Å². The molecule has 2 aromatic rings. The summed E-state index contributed by atoms with van der Waals surface area (Å²) in [6, 6.07) is 3.78. The second-order valence-electron chi connectivity index (χ2n) is 8.00. The van der Waals surface area contributed by atoms with Crippen molar-refractivity contribution in [2.24, 2.45) is 4.99 Å². The van der Waals surface area contributed by atoms with Crippen LogP contribution in [-0.2, 0) is 4.79 Å². The van der Waals surface area contributed by atoms with E-state index in [4.69, 9.17) is 27.9 Å². The molecule has 1 atom stereocenters. The van der Waals surface area contributed by atoms with Crippen molar-refractivity contribution in [3.8, 4) is 5.88 Å². The number of halogens is 5. The lowest BCUT2D eigenvalue weighted by Gasteiger charge is -2.27. The lowest BCUT2D eigenvalue weighted by Crippen LogP contribution is -2.50. The SMILES string of the molecule is C=CCC(CC=Nc1ccc(C(=O)NCC(F)(F)F)cn1)NC(=O)C(C)(C)Oc1ncc(Cl)cc1Cl. The molecule has 0 bridgehead atoms. The highest BCUT2D eigenvalue weighted by Crippen LogP contribution is 2.28. The minimum Gasteiger partial charge on any atom is -0.460 e. The summed E-state index contributed by atoms with van der Waals surface area (Å²) in [6.07, 6.45) is 1.86. The molecule has 2 aromatic heterocycles. The number of pyridine rings is 2. The fraction of sp³-hybridized carbons (Fsp3) is 0.348.